The lowest BCUT2D eigenvalue weighted by Crippen LogP contribution is -2.39. The van der Waals surface area contributed by atoms with Gasteiger partial charge in [-0.05, 0) is 55.3 Å². The number of carbonyl (C=O) groups is 2. The largest absolute Gasteiger partial charge is 0.497 e. The maximum Gasteiger partial charge on any atom is 0.243 e. The smallest absolute Gasteiger partial charge is 0.243 e. The lowest BCUT2D eigenvalue weighted by Gasteiger charge is -2.28. The van der Waals surface area contributed by atoms with Crippen molar-refractivity contribution >= 4 is 33.2 Å². The van der Waals surface area contributed by atoms with Gasteiger partial charge in [-0.25, -0.2) is 13.9 Å². The van der Waals surface area contributed by atoms with Gasteiger partial charge in [-0.1, -0.05) is 24.3 Å². The monoisotopic (exact) mass is 627 g/mol. The molecule has 0 saturated carbocycles. The number of hydroxylamine groups is 1. The van der Waals surface area contributed by atoms with E-state index in [1.54, 1.807) is 31.4 Å². The van der Waals surface area contributed by atoms with E-state index in [9.17, 15) is 18.0 Å². The van der Waals surface area contributed by atoms with Crippen LogP contribution in [-0.4, -0.2) is 94.2 Å². The average molecular weight is 628 g/mol. The highest BCUT2D eigenvalue weighted by Crippen LogP contribution is 2.33. The molecule has 1 saturated heterocycles. The minimum absolute atomic E-state index is 0.0688. The molecule has 1 aromatic heterocycles. The first-order valence-corrected chi connectivity index (χ1v) is 16.0. The Morgan fingerprint density at radius 3 is 2.55 bits per heavy atom. The van der Waals surface area contributed by atoms with E-state index in [0.717, 1.165) is 61.4 Å². The molecule has 0 bridgehead atoms. The first-order valence-electron chi connectivity index (χ1n) is 14.6. The van der Waals surface area contributed by atoms with Crippen molar-refractivity contribution < 1.29 is 32.3 Å². The Morgan fingerprint density at radius 2 is 1.84 bits per heavy atom. The summed E-state index contributed by atoms with van der Waals surface area (Å²) >= 11 is 0. The molecule has 2 amide bonds. The van der Waals surface area contributed by atoms with Gasteiger partial charge in [-0.15, -0.1) is 6.58 Å². The fourth-order valence-corrected chi connectivity index (χ4v) is 6.75. The number of methoxy groups -OCH3 is 1. The number of para-hydroxylation sites is 1. The van der Waals surface area contributed by atoms with Crippen LogP contribution in [0.25, 0.3) is 10.9 Å². The number of ether oxygens (including phenoxy) is 2. The summed E-state index contributed by atoms with van der Waals surface area (Å²) in [6.45, 7) is 9.42. The van der Waals surface area contributed by atoms with Gasteiger partial charge in [-0.3, -0.25) is 19.3 Å². The molecule has 0 aliphatic carbocycles. The van der Waals surface area contributed by atoms with E-state index in [4.69, 9.17) is 9.47 Å². The van der Waals surface area contributed by atoms with Crippen molar-refractivity contribution in [3.63, 3.8) is 0 Å². The number of morpholine rings is 1. The van der Waals surface area contributed by atoms with Crippen LogP contribution in [0.1, 0.15) is 17.7 Å². The number of fused-ring (bicyclic) bond motifs is 3. The van der Waals surface area contributed by atoms with Crippen LogP contribution in [0.15, 0.2) is 66.1 Å². The molecule has 5 rings (SSSR count). The van der Waals surface area contributed by atoms with Crippen LogP contribution in [0, 0.1) is 0 Å². The van der Waals surface area contributed by atoms with Crippen molar-refractivity contribution in [2.45, 2.75) is 30.8 Å². The number of nitrogens with one attached hydrogen (secondary N) is 2. The quantitative estimate of drug-likeness (QED) is 0.128. The molecule has 0 unspecified atom stereocenters. The Morgan fingerprint density at radius 1 is 1.09 bits per heavy atom. The van der Waals surface area contributed by atoms with E-state index in [-0.39, 0.29) is 23.9 Å². The minimum atomic E-state index is -3.69. The van der Waals surface area contributed by atoms with Crippen LogP contribution in [-0.2, 0) is 48.7 Å². The van der Waals surface area contributed by atoms with Gasteiger partial charge in [0.1, 0.15) is 12.3 Å². The van der Waals surface area contributed by atoms with Gasteiger partial charge in [0.05, 0.1) is 38.4 Å². The zero-order valence-corrected chi connectivity index (χ0v) is 25.9. The van der Waals surface area contributed by atoms with Crippen molar-refractivity contribution in [3.8, 4) is 5.75 Å². The lowest BCUT2D eigenvalue weighted by atomic mass is 10.0. The number of sulfonamides is 1. The van der Waals surface area contributed by atoms with Crippen LogP contribution in [0.5, 0.6) is 5.75 Å². The number of rotatable bonds is 13. The van der Waals surface area contributed by atoms with E-state index >= 15 is 0 Å². The number of carbonyl (C=O) groups excluding carboxylic acids is 2. The summed E-state index contributed by atoms with van der Waals surface area (Å²) in [5.41, 5.74) is 4.96. The molecular formula is C31H41N5O7S. The van der Waals surface area contributed by atoms with E-state index < -0.39 is 10.0 Å². The van der Waals surface area contributed by atoms with Crippen LogP contribution >= 0.6 is 0 Å². The van der Waals surface area contributed by atoms with Gasteiger partial charge in [0, 0.05) is 42.8 Å². The van der Waals surface area contributed by atoms with Gasteiger partial charge < -0.3 is 19.4 Å². The minimum Gasteiger partial charge on any atom is -0.497 e. The summed E-state index contributed by atoms with van der Waals surface area (Å²) in [5.74, 6) is 0.539. The molecule has 2 aliphatic heterocycles. The molecule has 3 aromatic rings. The first kappa shape index (κ1) is 33.1. The zero-order chi connectivity index (χ0) is 31.4. The summed E-state index contributed by atoms with van der Waals surface area (Å²) in [4.78, 5) is 29.3. The van der Waals surface area contributed by atoms with Crippen molar-refractivity contribution in [2.24, 2.45) is 0 Å². The number of amides is 2. The summed E-state index contributed by atoms with van der Waals surface area (Å²) in [7, 11) is -2.14. The maximum absolute atomic E-state index is 13.4. The topological polar surface area (TPSA) is 131 Å². The summed E-state index contributed by atoms with van der Waals surface area (Å²) < 4.78 is 40.9. The van der Waals surface area contributed by atoms with Crippen LogP contribution in [0.3, 0.4) is 0 Å². The highest BCUT2D eigenvalue weighted by Gasteiger charge is 2.32. The maximum atomic E-state index is 13.4. The number of benzene rings is 2. The Labute approximate surface area is 258 Å². The summed E-state index contributed by atoms with van der Waals surface area (Å²) in [5, 5.41) is 4.13. The second-order valence-electron chi connectivity index (χ2n) is 10.3. The second kappa shape index (κ2) is 16.4. The Kier molecular flexibility index (Phi) is 12.3. The molecule has 44 heavy (non-hydrogen) atoms. The van der Waals surface area contributed by atoms with Crippen LogP contribution in [0.2, 0.25) is 0 Å². The highest BCUT2D eigenvalue weighted by atomic mass is 32.2. The third kappa shape index (κ3) is 8.45. The van der Waals surface area contributed by atoms with Crippen molar-refractivity contribution in [3.05, 3.63) is 72.4 Å². The van der Waals surface area contributed by atoms with Crippen LogP contribution < -0.4 is 15.5 Å². The SMILES string of the molecule is C=CCONC=O.COc1ccc(S(=O)(=O)N2CCc3c(n(CC(=O)NCCCN4CCOCC4)c4ccccc34)C2)cc1. The second-order valence-corrected chi connectivity index (χ2v) is 12.2. The molecule has 2 N–H and O–H groups in total. The van der Waals surface area contributed by atoms with Gasteiger partial charge in [0.15, 0.2) is 0 Å². The van der Waals surface area contributed by atoms with Crippen molar-refractivity contribution in [1.29, 1.82) is 0 Å². The standard InChI is InChI=1S/C27H34N4O5S.C4H7NO2/c1-35-21-7-9-22(10-8-21)37(33,34)30-14-11-24-23-5-2-3-6-25(23)31(26(24)19-30)20-27(32)28-12-4-13-29-15-17-36-18-16-29;1-2-3-7-5-4-6/h2-3,5-10H,4,11-20H2,1H3,(H,28,32);2,4H,1,3H2,(H,5,6). The number of hydrogen-bond acceptors (Lipinski definition) is 8. The van der Waals surface area contributed by atoms with Crippen LogP contribution in [0.4, 0.5) is 0 Å². The molecule has 0 spiro atoms. The molecule has 0 atom stereocenters. The van der Waals surface area contributed by atoms with E-state index in [2.05, 4.69) is 27.7 Å². The summed E-state index contributed by atoms with van der Waals surface area (Å²) in [6, 6.07) is 14.5. The van der Waals surface area contributed by atoms with Crippen molar-refractivity contribution in [1.82, 2.24) is 24.6 Å². The highest BCUT2D eigenvalue weighted by molar-refractivity contribution is 7.89. The third-order valence-corrected chi connectivity index (χ3v) is 9.40. The molecule has 0 radical (unpaired) electrons. The van der Waals surface area contributed by atoms with Crippen molar-refractivity contribution in [2.75, 3.05) is 59.7 Å². The molecule has 238 valence electrons. The predicted molar refractivity (Wildman–Crippen MR) is 166 cm³/mol. The molecule has 12 nitrogen and oxygen atoms in total. The molecule has 13 heteroatoms. The van der Waals surface area contributed by atoms with E-state index in [0.29, 0.717) is 38.3 Å². The fraction of sp³-hybridized carbons (Fsp3) is 0.419. The molecule has 1 fully saturated rings. The van der Waals surface area contributed by atoms with Gasteiger partial charge in [-0.2, -0.15) is 4.31 Å². The Balaban J connectivity index is 0.000000566. The van der Waals surface area contributed by atoms with Gasteiger partial charge >= 0.3 is 0 Å². The number of nitrogens with zero attached hydrogens (tertiary/aromatic N) is 3. The summed E-state index contributed by atoms with van der Waals surface area (Å²) in [6.07, 6.45) is 3.48. The Bertz CT molecular complexity index is 1490. The molecule has 2 aliphatic rings. The lowest BCUT2D eigenvalue weighted by molar-refractivity contribution is -0.121. The number of aromatic nitrogens is 1. The van der Waals surface area contributed by atoms with Gasteiger partial charge in [0.25, 0.3) is 0 Å². The first-order chi connectivity index (χ1) is 21.4. The zero-order valence-electron chi connectivity index (χ0n) is 25.1. The fourth-order valence-electron chi connectivity index (χ4n) is 5.35. The molecular weight excluding hydrogens is 586 g/mol. The van der Waals surface area contributed by atoms with E-state index in [1.807, 2.05) is 28.2 Å². The third-order valence-electron chi connectivity index (χ3n) is 7.54. The molecule has 3 heterocycles. The number of hydrogen-bond donors (Lipinski definition) is 2. The normalized spacial score (nSPS) is 15.5. The predicted octanol–water partition coefficient (Wildman–Crippen LogP) is 2.09. The Hall–Kier alpha value is -3.75. The molecule has 2 aromatic carbocycles. The average Bonchev–Trinajstić information content (AvgIpc) is 3.36. The van der Waals surface area contributed by atoms with Gasteiger partial charge in [0.2, 0.25) is 22.3 Å². The van der Waals surface area contributed by atoms with E-state index in [1.165, 1.54) is 10.4 Å².